The quantitative estimate of drug-likeness (QED) is 0.511. The number of nitrogens with zero attached hydrogens (tertiary/aromatic N) is 1. The van der Waals surface area contributed by atoms with E-state index < -0.39 is 17.0 Å². The van der Waals surface area contributed by atoms with E-state index in [0.29, 0.717) is 5.75 Å². The van der Waals surface area contributed by atoms with Gasteiger partial charge in [0.1, 0.15) is 11.6 Å². The molecule has 2 aromatic rings. The fraction of sp³-hybridized carbons (Fsp3) is 0.368. The molecule has 1 unspecified atom stereocenters. The summed E-state index contributed by atoms with van der Waals surface area (Å²) in [6.45, 7) is 8.33. The Bertz CT molecular complexity index is 751. The van der Waals surface area contributed by atoms with E-state index in [2.05, 4.69) is 20.8 Å². The molecule has 0 saturated carbocycles. The van der Waals surface area contributed by atoms with E-state index in [4.69, 9.17) is 18.6 Å². The minimum atomic E-state index is -0.556. The molecular formula is C19H25Cl2FNOPTi. The first-order chi connectivity index (χ1) is 12.0. The molecule has 2 aromatic carbocycles. The van der Waals surface area contributed by atoms with Crippen LogP contribution in [0.5, 0.6) is 5.75 Å². The summed E-state index contributed by atoms with van der Waals surface area (Å²) >= 11 is -0.556. The molecule has 1 N–H and O–H groups in total. The number of aromatic hydroxyl groups is 1. The molecule has 0 bridgehead atoms. The van der Waals surface area contributed by atoms with Crippen molar-refractivity contribution in [2.75, 3.05) is 19.0 Å². The Morgan fingerprint density at radius 2 is 1.65 bits per heavy atom. The van der Waals surface area contributed by atoms with E-state index in [9.17, 15) is 9.50 Å². The predicted molar refractivity (Wildman–Crippen MR) is 112 cm³/mol. The Morgan fingerprint density at radius 1 is 1.08 bits per heavy atom. The van der Waals surface area contributed by atoms with Crippen molar-refractivity contribution in [2.24, 2.45) is 0 Å². The molecule has 0 amide bonds. The van der Waals surface area contributed by atoms with Crippen LogP contribution in [0.3, 0.4) is 0 Å². The standard InChI is InChI=1S/C19H25FNOP.2ClH.Ti/c1-12-9-14(19(2,3)4)18(22)17(10-12)23-16-8-7-13(20)11-15(16)21(5)6;;;/h7-11,22-23H,1-6H3;2*1H;/q;;;+2/p-2. The zero-order chi connectivity index (χ0) is 20.1. The molecule has 0 fully saturated rings. The maximum absolute atomic E-state index is 13.5. The predicted octanol–water partition coefficient (Wildman–Crippen LogP) is 5.21. The summed E-state index contributed by atoms with van der Waals surface area (Å²) in [5.41, 5.74) is 2.81. The van der Waals surface area contributed by atoms with Crippen molar-refractivity contribution in [2.45, 2.75) is 33.1 Å². The molecule has 0 radical (unpaired) electrons. The van der Waals surface area contributed by atoms with Crippen LogP contribution in [0.15, 0.2) is 30.3 Å². The number of phenols is 1. The van der Waals surface area contributed by atoms with Crippen molar-refractivity contribution in [1.29, 1.82) is 0 Å². The third-order valence-electron chi connectivity index (χ3n) is 3.77. The number of hydrogen-bond donors (Lipinski definition) is 1. The van der Waals surface area contributed by atoms with Gasteiger partial charge in [0.05, 0.1) is 0 Å². The van der Waals surface area contributed by atoms with Crippen LogP contribution in [0.2, 0.25) is 0 Å². The Morgan fingerprint density at radius 3 is 2.15 bits per heavy atom. The second-order valence-electron chi connectivity index (χ2n) is 7.21. The molecule has 0 aliphatic heterocycles. The molecule has 0 aliphatic carbocycles. The number of benzene rings is 2. The Labute approximate surface area is 174 Å². The SMILES string of the molecule is Cc1cc(Pc2ccc(F)cc2N(C)C)c(O)c(C(C)(C)C)c1.[Cl][Ti][Cl]. The van der Waals surface area contributed by atoms with E-state index >= 15 is 0 Å². The van der Waals surface area contributed by atoms with Gasteiger partial charge in [-0.15, -0.1) is 0 Å². The molecule has 0 spiro atoms. The Kier molecular flexibility index (Phi) is 9.40. The van der Waals surface area contributed by atoms with Crippen molar-refractivity contribution in [1.82, 2.24) is 0 Å². The number of aryl methyl sites for hydroxylation is 1. The van der Waals surface area contributed by atoms with Crippen LogP contribution in [0.1, 0.15) is 31.9 Å². The topological polar surface area (TPSA) is 23.5 Å². The van der Waals surface area contributed by atoms with Crippen LogP contribution >= 0.6 is 27.2 Å². The fourth-order valence-corrected chi connectivity index (χ4v) is 4.00. The van der Waals surface area contributed by atoms with Gasteiger partial charge in [-0.2, -0.15) is 0 Å². The molecule has 0 heterocycles. The van der Waals surface area contributed by atoms with Crippen LogP contribution in [0, 0.1) is 12.7 Å². The van der Waals surface area contributed by atoms with E-state index in [1.165, 1.54) is 6.07 Å². The average molecular weight is 452 g/mol. The molecule has 26 heavy (non-hydrogen) atoms. The van der Waals surface area contributed by atoms with Gasteiger partial charge in [0.25, 0.3) is 0 Å². The first-order valence-electron chi connectivity index (χ1n) is 8.05. The van der Waals surface area contributed by atoms with Gasteiger partial charge in [-0.25, -0.2) is 4.39 Å². The van der Waals surface area contributed by atoms with Crippen LogP contribution in [0.25, 0.3) is 0 Å². The third kappa shape index (κ3) is 6.69. The third-order valence-corrected chi connectivity index (χ3v) is 5.12. The Hall–Kier alpha value is -0.306. The summed E-state index contributed by atoms with van der Waals surface area (Å²) in [4.78, 5) is 1.91. The van der Waals surface area contributed by atoms with Crippen LogP contribution < -0.4 is 15.5 Å². The van der Waals surface area contributed by atoms with Gasteiger partial charge in [0, 0.05) is 36.0 Å². The van der Waals surface area contributed by atoms with Gasteiger partial charge in [-0.1, -0.05) is 35.4 Å². The molecule has 0 aliphatic rings. The molecule has 0 aromatic heterocycles. The van der Waals surface area contributed by atoms with E-state index in [0.717, 1.165) is 27.4 Å². The van der Waals surface area contributed by atoms with Crippen molar-refractivity contribution < 1.29 is 26.5 Å². The van der Waals surface area contributed by atoms with Gasteiger partial charge in [-0.3, -0.25) is 0 Å². The first-order valence-corrected chi connectivity index (χ1v) is 13.3. The van der Waals surface area contributed by atoms with Gasteiger partial charge < -0.3 is 10.0 Å². The first kappa shape index (κ1) is 23.7. The number of anilines is 1. The molecule has 1 atom stereocenters. The number of phenolic OH excluding ortho intramolecular Hbond substituents is 1. The van der Waals surface area contributed by atoms with Crippen LogP contribution in [0.4, 0.5) is 10.1 Å². The summed E-state index contributed by atoms with van der Waals surface area (Å²) in [7, 11) is 13.9. The van der Waals surface area contributed by atoms with Crippen molar-refractivity contribution in [3.05, 3.63) is 47.3 Å². The van der Waals surface area contributed by atoms with E-state index in [1.807, 2.05) is 44.1 Å². The van der Waals surface area contributed by atoms with Gasteiger partial charge in [0.2, 0.25) is 0 Å². The monoisotopic (exact) mass is 451 g/mol. The summed E-state index contributed by atoms with van der Waals surface area (Å²) in [5, 5.41) is 12.6. The van der Waals surface area contributed by atoms with Gasteiger partial charge in [0.15, 0.2) is 0 Å². The normalized spacial score (nSPS) is 11.3. The summed E-state index contributed by atoms with van der Waals surface area (Å²) in [5.74, 6) is 0.113. The van der Waals surface area contributed by atoms with Gasteiger partial charge >= 0.3 is 35.6 Å². The number of rotatable bonds is 3. The maximum atomic E-state index is 13.5. The van der Waals surface area contributed by atoms with Crippen LogP contribution in [-0.2, 0) is 22.4 Å². The second kappa shape index (κ2) is 10.3. The zero-order valence-corrected chi connectivity index (χ0v) is 20.0. The summed E-state index contributed by atoms with van der Waals surface area (Å²) in [6, 6.07) is 8.89. The molecule has 2 rings (SSSR count). The van der Waals surface area contributed by atoms with Crippen molar-refractivity contribution in [3.63, 3.8) is 0 Å². The number of hydrogen-bond acceptors (Lipinski definition) is 2. The number of halogens is 3. The zero-order valence-electron chi connectivity index (χ0n) is 15.9. The van der Waals surface area contributed by atoms with Crippen LogP contribution in [-0.4, -0.2) is 19.2 Å². The van der Waals surface area contributed by atoms with E-state index in [-0.39, 0.29) is 19.8 Å². The molecule has 2 nitrogen and oxygen atoms in total. The molecular weight excluding hydrogens is 427 g/mol. The second-order valence-corrected chi connectivity index (χ2v) is 11.1. The summed E-state index contributed by atoms with van der Waals surface area (Å²) < 4.78 is 13.5. The fourth-order valence-electron chi connectivity index (χ4n) is 2.57. The van der Waals surface area contributed by atoms with Crippen molar-refractivity contribution >= 4 is 43.5 Å². The van der Waals surface area contributed by atoms with E-state index in [1.54, 1.807) is 6.07 Å². The minimum absolute atomic E-state index is 0.123. The Balaban J connectivity index is 0.00000105. The van der Waals surface area contributed by atoms with Crippen molar-refractivity contribution in [3.8, 4) is 5.75 Å². The molecule has 142 valence electrons. The molecule has 7 heteroatoms. The summed E-state index contributed by atoms with van der Waals surface area (Å²) in [6.07, 6.45) is 0. The molecule has 0 saturated heterocycles. The van der Waals surface area contributed by atoms with Gasteiger partial charge in [-0.05, 0) is 42.2 Å². The average Bonchev–Trinajstić information content (AvgIpc) is 2.51.